The SMILES string of the molecule is CC[C@@H](SSC)C(=O)N(C)CC. The molecule has 0 heterocycles. The Morgan fingerprint density at radius 3 is 2.42 bits per heavy atom. The molecule has 0 bridgehead atoms. The first-order valence-electron chi connectivity index (χ1n) is 4.11. The molecule has 0 fully saturated rings. The van der Waals surface area contributed by atoms with E-state index in [9.17, 15) is 4.79 Å². The average molecular weight is 207 g/mol. The van der Waals surface area contributed by atoms with E-state index in [4.69, 9.17) is 0 Å². The minimum atomic E-state index is 0.130. The van der Waals surface area contributed by atoms with Crippen molar-refractivity contribution in [2.45, 2.75) is 25.5 Å². The third-order valence-electron chi connectivity index (χ3n) is 1.71. The molecule has 0 rings (SSSR count). The van der Waals surface area contributed by atoms with Gasteiger partial charge in [-0.3, -0.25) is 4.79 Å². The molecule has 0 N–H and O–H groups in total. The Balaban J connectivity index is 4.01. The number of hydrogen-bond acceptors (Lipinski definition) is 3. The summed E-state index contributed by atoms with van der Waals surface area (Å²) in [5.41, 5.74) is 0. The maximum atomic E-state index is 11.6. The van der Waals surface area contributed by atoms with E-state index in [1.54, 1.807) is 26.5 Å². The fourth-order valence-electron chi connectivity index (χ4n) is 0.802. The molecule has 72 valence electrons. The van der Waals surface area contributed by atoms with Crippen LogP contribution in [0.3, 0.4) is 0 Å². The molecule has 0 aliphatic carbocycles. The van der Waals surface area contributed by atoms with Crippen LogP contribution in [0.2, 0.25) is 0 Å². The van der Waals surface area contributed by atoms with Crippen molar-refractivity contribution in [3.05, 3.63) is 0 Å². The molecular weight excluding hydrogens is 190 g/mol. The topological polar surface area (TPSA) is 20.3 Å². The summed E-state index contributed by atoms with van der Waals surface area (Å²) in [6.07, 6.45) is 2.92. The van der Waals surface area contributed by atoms with Gasteiger partial charge in [-0.1, -0.05) is 28.5 Å². The van der Waals surface area contributed by atoms with E-state index in [-0.39, 0.29) is 11.2 Å². The number of carbonyl (C=O) groups excluding carboxylic acids is 1. The van der Waals surface area contributed by atoms with Gasteiger partial charge in [-0.2, -0.15) is 0 Å². The van der Waals surface area contributed by atoms with Crippen LogP contribution in [0.1, 0.15) is 20.3 Å². The number of rotatable bonds is 5. The molecule has 2 nitrogen and oxygen atoms in total. The zero-order valence-electron chi connectivity index (χ0n) is 8.16. The molecule has 4 heteroatoms. The number of nitrogens with zero attached hydrogens (tertiary/aromatic N) is 1. The first-order valence-corrected chi connectivity index (χ1v) is 6.73. The van der Waals surface area contributed by atoms with Crippen LogP contribution in [0.5, 0.6) is 0 Å². The van der Waals surface area contributed by atoms with Gasteiger partial charge in [-0.05, 0) is 19.6 Å². The van der Waals surface area contributed by atoms with Crippen molar-refractivity contribution >= 4 is 27.5 Å². The minimum Gasteiger partial charge on any atom is -0.345 e. The summed E-state index contributed by atoms with van der Waals surface area (Å²) in [6, 6.07) is 0. The van der Waals surface area contributed by atoms with E-state index in [1.165, 1.54) is 0 Å². The van der Waals surface area contributed by atoms with Crippen molar-refractivity contribution in [3.8, 4) is 0 Å². The maximum Gasteiger partial charge on any atom is 0.236 e. The summed E-state index contributed by atoms with van der Waals surface area (Å²) >= 11 is 0. The third kappa shape index (κ3) is 3.72. The summed E-state index contributed by atoms with van der Waals surface area (Å²) in [5.74, 6) is 0.249. The molecule has 12 heavy (non-hydrogen) atoms. The van der Waals surface area contributed by atoms with E-state index in [0.717, 1.165) is 13.0 Å². The predicted octanol–water partition coefficient (Wildman–Crippen LogP) is 2.25. The summed E-state index contributed by atoms with van der Waals surface area (Å²) in [7, 11) is 5.17. The lowest BCUT2D eigenvalue weighted by atomic mass is 10.3. The van der Waals surface area contributed by atoms with Gasteiger partial charge in [0.15, 0.2) is 0 Å². The quantitative estimate of drug-likeness (QED) is 0.645. The standard InChI is InChI=1S/C8H17NOS2/c1-5-7(12-11-4)8(10)9(3)6-2/h7H,5-6H2,1-4H3/t7-/m1/s1. The molecular formula is C8H17NOS2. The van der Waals surface area contributed by atoms with E-state index in [2.05, 4.69) is 6.92 Å². The van der Waals surface area contributed by atoms with E-state index < -0.39 is 0 Å². The fourth-order valence-corrected chi connectivity index (χ4v) is 2.78. The van der Waals surface area contributed by atoms with Crippen molar-refractivity contribution in [1.29, 1.82) is 0 Å². The van der Waals surface area contributed by atoms with E-state index in [1.807, 2.05) is 20.2 Å². The van der Waals surface area contributed by atoms with Gasteiger partial charge in [-0.25, -0.2) is 0 Å². The van der Waals surface area contributed by atoms with Crippen molar-refractivity contribution in [2.75, 3.05) is 19.8 Å². The lowest BCUT2D eigenvalue weighted by Crippen LogP contribution is -2.33. The average Bonchev–Trinajstić information content (AvgIpc) is 2.11. The minimum absolute atomic E-state index is 0.130. The molecule has 0 saturated carbocycles. The molecule has 0 aliphatic heterocycles. The van der Waals surface area contributed by atoms with Gasteiger partial charge in [0.05, 0.1) is 5.25 Å². The number of carbonyl (C=O) groups is 1. The third-order valence-corrected chi connectivity index (χ3v) is 3.94. The molecule has 1 amide bonds. The first kappa shape index (κ1) is 12.2. The number of amides is 1. The van der Waals surface area contributed by atoms with Crippen molar-refractivity contribution in [1.82, 2.24) is 4.90 Å². The van der Waals surface area contributed by atoms with Gasteiger partial charge in [0, 0.05) is 13.6 Å². The molecule has 0 aliphatic rings. The first-order chi connectivity index (χ1) is 5.67. The van der Waals surface area contributed by atoms with Crippen molar-refractivity contribution < 1.29 is 4.79 Å². The van der Waals surface area contributed by atoms with Crippen LogP contribution < -0.4 is 0 Å². The highest BCUT2D eigenvalue weighted by atomic mass is 33.1. The van der Waals surface area contributed by atoms with Crippen molar-refractivity contribution in [2.24, 2.45) is 0 Å². The van der Waals surface area contributed by atoms with Gasteiger partial charge in [0.25, 0.3) is 0 Å². The van der Waals surface area contributed by atoms with Crippen molar-refractivity contribution in [3.63, 3.8) is 0 Å². The van der Waals surface area contributed by atoms with E-state index >= 15 is 0 Å². The monoisotopic (exact) mass is 207 g/mol. The molecule has 0 aromatic rings. The van der Waals surface area contributed by atoms with Crippen LogP contribution >= 0.6 is 21.6 Å². The molecule has 0 spiro atoms. The zero-order valence-corrected chi connectivity index (χ0v) is 9.80. The molecule has 0 aromatic carbocycles. The van der Waals surface area contributed by atoms with Crippen LogP contribution in [-0.2, 0) is 4.79 Å². The fraction of sp³-hybridized carbons (Fsp3) is 0.875. The Labute approximate surface area is 82.9 Å². The van der Waals surface area contributed by atoms with Gasteiger partial charge >= 0.3 is 0 Å². The zero-order chi connectivity index (χ0) is 9.56. The normalized spacial score (nSPS) is 12.7. The summed E-state index contributed by atoms with van der Waals surface area (Å²) in [6.45, 7) is 4.84. The lowest BCUT2D eigenvalue weighted by molar-refractivity contribution is -0.129. The Bertz CT molecular complexity index is 141. The van der Waals surface area contributed by atoms with Crippen LogP contribution in [0.25, 0.3) is 0 Å². The number of hydrogen-bond donors (Lipinski definition) is 0. The highest BCUT2D eigenvalue weighted by Gasteiger charge is 2.19. The Kier molecular flexibility index (Phi) is 6.76. The molecule has 1 atom stereocenters. The van der Waals surface area contributed by atoms with Crippen LogP contribution in [-0.4, -0.2) is 35.9 Å². The van der Waals surface area contributed by atoms with Gasteiger partial charge < -0.3 is 4.90 Å². The smallest absolute Gasteiger partial charge is 0.236 e. The second kappa shape index (κ2) is 6.66. The Morgan fingerprint density at radius 1 is 1.50 bits per heavy atom. The van der Waals surface area contributed by atoms with E-state index in [0.29, 0.717) is 0 Å². The molecule has 0 radical (unpaired) electrons. The summed E-state index contributed by atoms with van der Waals surface area (Å²) in [5, 5.41) is 0.130. The van der Waals surface area contributed by atoms with Crippen LogP contribution in [0.4, 0.5) is 0 Å². The lowest BCUT2D eigenvalue weighted by Gasteiger charge is -2.20. The molecule has 0 saturated heterocycles. The Morgan fingerprint density at radius 2 is 2.08 bits per heavy atom. The van der Waals surface area contributed by atoms with Gasteiger partial charge in [-0.15, -0.1) is 0 Å². The molecule has 0 unspecified atom stereocenters. The van der Waals surface area contributed by atoms with Gasteiger partial charge in [0.2, 0.25) is 5.91 Å². The second-order valence-electron chi connectivity index (χ2n) is 2.51. The largest absolute Gasteiger partial charge is 0.345 e. The summed E-state index contributed by atoms with van der Waals surface area (Å²) < 4.78 is 0. The second-order valence-corrected chi connectivity index (χ2v) is 5.18. The highest BCUT2D eigenvalue weighted by Crippen LogP contribution is 2.26. The predicted molar refractivity (Wildman–Crippen MR) is 58.5 cm³/mol. The highest BCUT2D eigenvalue weighted by molar-refractivity contribution is 8.76. The summed E-state index contributed by atoms with van der Waals surface area (Å²) in [4.78, 5) is 13.4. The maximum absolute atomic E-state index is 11.6. The van der Waals surface area contributed by atoms with Crippen LogP contribution in [0.15, 0.2) is 0 Å². The van der Waals surface area contributed by atoms with Gasteiger partial charge in [0.1, 0.15) is 0 Å². The molecule has 0 aromatic heterocycles. The Hall–Kier alpha value is 0.170. The van der Waals surface area contributed by atoms with Crippen LogP contribution in [0, 0.1) is 0 Å².